The number of nitrogens with zero attached hydrogens (tertiary/aromatic N) is 4. The van der Waals surface area contributed by atoms with Crippen molar-refractivity contribution in [3.63, 3.8) is 0 Å². The number of carbonyl (C=O) groups excluding carboxylic acids is 2. The normalized spacial score (nSPS) is 20.3. The Bertz CT molecular complexity index is 693. The molecule has 1 atom stereocenters. The van der Waals surface area contributed by atoms with Crippen LogP contribution in [0, 0.1) is 13.8 Å². The minimum Gasteiger partial charge on any atom is -0.378 e. The van der Waals surface area contributed by atoms with E-state index < -0.39 is 0 Å². The zero-order valence-electron chi connectivity index (χ0n) is 17.4. The van der Waals surface area contributed by atoms with Gasteiger partial charge in [0.05, 0.1) is 19.6 Å². The molecule has 2 amide bonds. The van der Waals surface area contributed by atoms with E-state index >= 15 is 0 Å². The van der Waals surface area contributed by atoms with Gasteiger partial charge in [-0.1, -0.05) is 6.92 Å². The van der Waals surface area contributed by atoms with Crippen molar-refractivity contribution in [3.05, 3.63) is 22.8 Å². The summed E-state index contributed by atoms with van der Waals surface area (Å²) in [6.45, 7) is 10.0. The zero-order chi connectivity index (χ0) is 20.1. The van der Waals surface area contributed by atoms with Gasteiger partial charge in [-0.15, -0.1) is 0 Å². The lowest BCUT2D eigenvalue weighted by atomic mass is 9.96. The Morgan fingerprint density at radius 1 is 1.04 bits per heavy atom. The van der Waals surface area contributed by atoms with Crippen LogP contribution in [-0.4, -0.2) is 71.0 Å². The summed E-state index contributed by atoms with van der Waals surface area (Å²) in [7, 11) is 0. The Balaban J connectivity index is 1.70. The maximum Gasteiger partial charge on any atom is 0.227 e. The van der Waals surface area contributed by atoms with Crippen molar-refractivity contribution in [2.45, 2.75) is 58.8 Å². The van der Waals surface area contributed by atoms with Gasteiger partial charge in [-0.2, -0.15) is 0 Å². The molecule has 0 spiro atoms. The first-order valence-electron chi connectivity index (χ1n) is 10.5. The molecule has 0 radical (unpaired) electrons. The molecule has 2 saturated heterocycles. The molecular weight excluding hydrogens is 356 g/mol. The Kier molecular flexibility index (Phi) is 6.99. The fourth-order valence-electron chi connectivity index (χ4n) is 4.07. The van der Waals surface area contributed by atoms with E-state index in [9.17, 15) is 9.59 Å². The van der Waals surface area contributed by atoms with E-state index in [1.807, 2.05) is 30.6 Å². The highest BCUT2D eigenvalue weighted by atomic mass is 16.5. The number of aromatic nitrogens is 2. The second-order valence-electron chi connectivity index (χ2n) is 7.83. The van der Waals surface area contributed by atoms with E-state index in [0.717, 1.165) is 48.6 Å². The first-order chi connectivity index (χ1) is 13.5. The first-order valence-corrected chi connectivity index (χ1v) is 10.5. The molecule has 7 heteroatoms. The number of morpholine rings is 1. The molecule has 0 aliphatic carbocycles. The van der Waals surface area contributed by atoms with Gasteiger partial charge in [-0.25, -0.2) is 9.97 Å². The van der Waals surface area contributed by atoms with Gasteiger partial charge in [0, 0.05) is 55.5 Å². The molecule has 2 aliphatic rings. The van der Waals surface area contributed by atoms with Gasteiger partial charge in [0.25, 0.3) is 0 Å². The van der Waals surface area contributed by atoms with Crippen molar-refractivity contribution in [2.24, 2.45) is 0 Å². The number of ether oxygens (including phenoxy) is 1. The second kappa shape index (κ2) is 9.45. The molecule has 3 rings (SSSR count). The van der Waals surface area contributed by atoms with Gasteiger partial charge in [0.1, 0.15) is 5.82 Å². The van der Waals surface area contributed by atoms with E-state index in [2.05, 4.69) is 0 Å². The first kappa shape index (κ1) is 20.7. The van der Waals surface area contributed by atoms with Crippen molar-refractivity contribution in [2.75, 3.05) is 39.4 Å². The molecule has 0 N–H and O–H groups in total. The molecule has 1 aromatic rings. The molecule has 7 nitrogen and oxygen atoms in total. The van der Waals surface area contributed by atoms with Crippen LogP contribution in [0.5, 0.6) is 0 Å². The second-order valence-corrected chi connectivity index (χ2v) is 7.83. The van der Waals surface area contributed by atoms with Crippen LogP contribution in [0.25, 0.3) is 0 Å². The predicted molar refractivity (Wildman–Crippen MR) is 106 cm³/mol. The van der Waals surface area contributed by atoms with Crippen molar-refractivity contribution < 1.29 is 14.3 Å². The highest BCUT2D eigenvalue weighted by molar-refractivity contribution is 5.79. The van der Waals surface area contributed by atoms with Gasteiger partial charge in [-0.3, -0.25) is 9.59 Å². The van der Waals surface area contributed by atoms with Crippen molar-refractivity contribution >= 4 is 11.8 Å². The molecule has 0 aromatic carbocycles. The molecule has 28 heavy (non-hydrogen) atoms. The number of hydrogen-bond acceptors (Lipinski definition) is 5. The average Bonchev–Trinajstić information content (AvgIpc) is 2.71. The Labute approximate surface area is 167 Å². The number of likely N-dealkylation sites (tertiary alicyclic amines) is 1. The van der Waals surface area contributed by atoms with E-state index in [0.29, 0.717) is 45.7 Å². The largest absolute Gasteiger partial charge is 0.378 e. The molecule has 3 heterocycles. The van der Waals surface area contributed by atoms with E-state index in [-0.39, 0.29) is 17.7 Å². The number of rotatable bonds is 5. The zero-order valence-corrected chi connectivity index (χ0v) is 17.4. The molecule has 154 valence electrons. The molecule has 0 bridgehead atoms. The third kappa shape index (κ3) is 4.87. The lowest BCUT2D eigenvalue weighted by molar-refractivity contribution is -0.134. The molecular formula is C21H32N4O3. The molecule has 2 aliphatic heterocycles. The average molecular weight is 389 g/mol. The van der Waals surface area contributed by atoms with Gasteiger partial charge in [0.15, 0.2) is 0 Å². The minimum absolute atomic E-state index is 0.111. The predicted octanol–water partition coefficient (Wildman–Crippen LogP) is 2.00. The van der Waals surface area contributed by atoms with Crippen LogP contribution >= 0.6 is 0 Å². The number of piperidine rings is 1. The highest BCUT2D eigenvalue weighted by Crippen LogP contribution is 2.26. The third-order valence-electron chi connectivity index (χ3n) is 5.73. The van der Waals surface area contributed by atoms with Crippen LogP contribution in [0.15, 0.2) is 0 Å². The number of aryl methyl sites for hydroxylation is 2. The van der Waals surface area contributed by atoms with Crippen molar-refractivity contribution in [3.8, 4) is 0 Å². The summed E-state index contributed by atoms with van der Waals surface area (Å²) >= 11 is 0. The van der Waals surface area contributed by atoms with Crippen LogP contribution in [0.4, 0.5) is 0 Å². The van der Waals surface area contributed by atoms with Crippen LogP contribution in [0.1, 0.15) is 61.3 Å². The molecule has 1 unspecified atom stereocenters. The summed E-state index contributed by atoms with van der Waals surface area (Å²) in [4.78, 5) is 38.2. The Hall–Kier alpha value is -2.02. The summed E-state index contributed by atoms with van der Waals surface area (Å²) < 4.78 is 5.32. The summed E-state index contributed by atoms with van der Waals surface area (Å²) in [6, 6.07) is 0. The van der Waals surface area contributed by atoms with Crippen LogP contribution in [0.3, 0.4) is 0 Å². The summed E-state index contributed by atoms with van der Waals surface area (Å²) in [6.07, 6.45) is 3.80. The van der Waals surface area contributed by atoms with E-state index in [4.69, 9.17) is 14.7 Å². The summed E-state index contributed by atoms with van der Waals surface area (Å²) in [5.74, 6) is 1.33. The lowest BCUT2D eigenvalue weighted by Gasteiger charge is -2.32. The fourth-order valence-corrected chi connectivity index (χ4v) is 4.07. The van der Waals surface area contributed by atoms with Crippen LogP contribution in [0.2, 0.25) is 0 Å². The topological polar surface area (TPSA) is 75.6 Å². The SMILES string of the molecule is CCCC(=O)N1CCCC(c2nc(C)c(CC(=O)N3CCOCC3)c(C)n2)C1. The van der Waals surface area contributed by atoms with Crippen LogP contribution < -0.4 is 0 Å². The van der Waals surface area contributed by atoms with Gasteiger partial charge in [-0.05, 0) is 33.1 Å². The molecule has 1 aromatic heterocycles. The van der Waals surface area contributed by atoms with Crippen LogP contribution in [-0.2, 0) is 20.7 Å². The smallest absolute Gasteiger partial charge is 0.227 e. The van der Waals surface area contributed by atoms with Gasteiger partial charge >= 0.3 is 0 Å². The number of amides is 2. The minimum atomic E-state index is 0.111. The number of carbonyl (C=O) groups is 2. The standard InChI is InChI=1S/C21H32N4O3/c1-4-6-19(26)25-8-5-7-17(14-25)21-22-15(2)18(16(3)23-21)13-20(27)24-9-11-28-12-10-24/h17H,4-14H2,1-3H3. The highest BCUT2D eigenvalue weighted by Gasteiger charge is 2.27. The lowest BCUT2D eigenvalue weighted by Crippen LogP contribution is -2.41. The summed E-state index contributed by atoms with van der Waals surface area (Å²) in [5.41, 5.74) is 2.68. The van der Waals surface area contributed by atoms with Crippen molar-refractivity contribution in [1.82, 2.24) is 19.8 Å². The van der Waals surface area contributed by atoms with E-state index in [1.165, 1.54) is 0 Å². The quantitative estimate of drug-likeness (QED) is 0.771. The monoisotopic (exact) mass is 388 g/mol. The maximum atomic E-state index is 12.6. The maximum absolute atomic E-state index is 12.6. The summed E-state index contributed by atoms with van der Waals surface area (Å²) in [5, 5.41) is 0. The molecule has 0 saturated carbocycles. The number of hydrogen-bond donors (Lipinski definition) is 0. The Morgan fingerprint density at radius 2 is 1.71 bits per heavy atom. The third-order valence-corrected chi connectivity index (χ3v) is 5.73. The molecule has 2 fully saturated rings. The Morgan fingerprint density at radius 3 is 2.36 bits per heavy atom. The fraction of sp³-hybridized carbons (Fsp3) is 0.714. The van der Waals surface area contributed by atoms with Crippen molar-refractivity contribution in [1.29, 1.82) is 0 Å². The van der Waals surface area contributed by atoms with Gasteiger partial charge < -0.3 is 14.5 Å². The van der Waals surface area contributed by atoms with E-state index in [1.54, 1.807) is 0 Å². The van der Waals surface area contributed by atoms with Gasteiger partial charge in [0.2, 0.25) is 11.8 Å².